The molecular weight excluding hydrogens is 833 g/mol. The summed E-state index contributed by atoms with van der Waals surface area (Å²) in [5.41, 5.74) is 4.21. The number of benzene rings is 6. The zero-order valence-corrected chi connectivity index (χ0v) is 34.7. The van der Waals surface area contributed by atoms with Crippen LogP contribution in [0.4, 0.5) is 22.7 Å². The Labute approximate surface area is 367 Å². The number of anilines is 4. The Kier molecular flexibility index (Phi) is 16.6. The van der Waals surface area contributed by atoms with Crippen molar-refractivity contribution in [3.05, 3.63) is 192 Å². The van der Waals surface area contributed by atoms with Gasteiger partial charge in [0.25, 0.3) is 23.6 Å². The van der Waals surface area contributed by atoms with Crippen molar-refractivity contribution in [3.63, 3.8) is 0 Å². The van der Waals surface area contributed by atoms with E-state index >= 15 is 0 Å². The van der Waals surface area contributed by atoms with Gasteiger partial charge in [0.2, 0.25) is 0 Å². The van der Waals surface area contributed by atoms with Crippen LogP contribution in [0.5, 0.6) is 0 Å². The first-order chi connectivity index (χ1) is 29.0. The minimum Gasteiger partial charge on any atom is -0.332 e. The molecule has 0 unspecified atom stereocenters. The molecule has 300 valence electrons. The maximum atomic E-state index is 12.5. The van der Waals surface area contributed by atoms with E-state index in [4.69, 9.17) is 48.9 Å². The van der Waals surface area contributed by atoms with E-state index < -0.39 is 23.6 Å². The van der Waals surface area contributed by atoms with Gasteiger partial charge in [0, 0.05) is 45.0 Å². The molecular formula is C44H36N8O4S4. The van der Waals surface area contributed by atoms with Gasteiger partial charge in [-0.05, 0) is 134 Å². The first-order valence-electron chi connectivity index (χ1n) is 17.9. The number of hydrogen-bond donors (Lipinski definition) is 8. The Hall–Kier alpha value is -7.24. The first kappa shape index (κ1) is 43.9. The number of rotatable bonds is 8. The van der Waals surface area contributed by atoms with E-state index in [2.05, 4.69) is 42.5 Å². The molecule has 0 aliphatic rings. The van der Waals surface area contributed by atoms with Gasteiger partial charge in [0.15, 0.2) is 20.4 Å². The topological polar surface area (TPSA) is 165 Å². The summed E-state index contributed by atoms with van der Waals surface area (Å²) in [4.78, 5) is 49.9. The van der Waals surface area contributed by atoms with E-state index in [0.29, 0.717) is 22.3 Å². The van der Waals surface area contributed by atoms with Gasteiger partial charge in [-0.2, -0.15) is 0 Å². The van der Waals surface area contributed by atoms with Crippen LogP contribution in [0.1, 0.15) is 41.4 Å². The summed E-state index contributed by atoms with van der Waals surface area (Å²) in [6, 6.07) is 49.5. The molecule has 60 heavy (non-hydrogen) atoms. The van der Waals surface area contributed by atoms with Crippen molar-refractivity contribution in [2.24, 2.45) is 0 Å². The minimum absolute atomic E-state index is 0.161. The lowest BCUT2D eigenvalue weighted by atomic mass is 10.1. The van der Waals surface area contributed by atoms with E-state index in [1.165, 1.54) is 12.1 Å². The van der Waals surface area contributed by atoms with Crippen molar-refractivity contribution < 1.29 is 19.2 Å². The number of amides is 4. The number of para-hydroxylation sites is 4. The van der Waals surface area contributed by atoms with E-state index in [1.807, 2.05) is 121 Å². The fourth-order valence-corrected chi connectivity index (χ4v) is 5.88. The maximum Gasteiger partial charge on any atom is 0.257 e. The maximum absolute atomic E-state index is 12.5. The van der Waals surface area contributed by atoms with Crippen LogP contribution in [0.2, 0.25) is 0 Å². The van der Waals surface area contributed by atoms with E-state index in [1.54, 1.807) is 36.4 Å². The number of nitrogens with one attached hydrogen (secondary N) is 8. The second-order valence-electron chi connectivity index (χ2n) is 12.3. The van der Waals surface area contributed by atoms with Crippen molar-refractivity contribution >= 4 is 116 Å². The van der Waals surface area contributed by atoms with Gasteiger partial charge >= 0.3 is 0 Å². The van der Waals surface area contributed by atoms with Crippen LogP contribution in [0.25, 0.3) is 0 Å². The molecule has 0 atom stereocenters. The van der Waals surface area contributed by atoms with Crippen molar-refractivity contribution in [3.8, 4) is 0 Å². The lowest BCUT2D eigenvalue weighted by Gasteiger charge is -2.11. The zero-order valence-electron chi connectivity index (χ0n) is 31.4. The van der Waals surface area contributed by atoms with Crippen LogP contribution < -0.4 is 42.5 Å². The van der Waals surface area contributed by atoms with Crippen LogP contribution in [-0.4, -0.2) is 44.1 Å². The number of carbonyl (C=O) groups excluding carboxylic acids is 4. The third kappa shape index (κ3) is 14.6. The van der Waals surface area contributed by atoms with Gasteiger partial charge in [-0.1, -0.05) is 84.9 Å². The second-order valence-corrected chi connectivity index (χ2v) is 13.9. The van der Waals surface area contributed by atoms with Crippen molar-refractivity contribution in [2.75, 3.05) is 21.3 Å². The summed E-state index contributed by atoms with van der Waals surface area (Å²) in [6.07, 6.45) is 0. The molecule has 0 spiro atoms. The Morgan fingerprint density at radius 3 is 0.683 bits per heavy atom. The predicted octanol–water partition coefficient (Wildman–Crippen LogP) is 7.88. The summed E-state index contributed by atoms with van der Waals surface area (Å²) >= 11 is 20.7. The third-order valence-corrected chi connectivity index (χ3v) is 8.63. The molecule has 16 heteroatoms. The predicted molar refractivity (Wildman–Crippen MR) is 253 cm³/mol. The molecule has 0 aromatic heterocycles. The van der Waals surface area contributed by atoms with Crippen LogP contribution >= 0.6 is 48.9 Å². The van der Waals surface area contributed by atoms with Crippen LogP contribution in [-0.2, 0) is 0 Å². The summed E-state index contributed by atoms with van der Waals surface area (Å²) in [5, 5.41) is 22.7. The molecule has 0 bridgehead atoms. The number of hydrogen-bond acceptors (Lipinski definition) is 8. The van der Waals surface area contributed by atoms with Crippen molar-refractivity contribution in [1.29, 1.82) is 0 Å². The largest absolute Gasteiger partial charge is 0.332 e. The molecule has 4 amide bonds. The highest BCUT2D eigenvalue weighted by Gasteiger charge is 2.15. The molecule has 12 nitrogen and oxygen atoms in total. The molecule has 0 saturated carbocycles. The molecule has 6 aromatic rings. The van der Waals surface area contributed by atoms with Crippen molar-refractivity contribution in [2.45, 2.75) is 0 Å². The highest BCUT2D eigenvalue weighted by atomic mass is 32.1. The Bertz CT molecular complexity index is 2150. The van der Waals surface area contributed by atoms with Crippen LogP contribution in [0.15, 0.2) is 170 Å². The molecule has 0 aliphatic carbocycles. The lowest BCUT2D eigenvalue weighted by molar-refractivity contribution is 0.0962. The van der Waals surface area contributed by atoms with E-state index in [0.717, 1.165) is 22.7 Å². The molecule has 0 fully saturated rings. The standard InChI is InChI=1S/2C22H18N4O2S2/c2*27-19(25-21(29)23-17-10-3-1-4-11-17)15-8-7-9-16(14-15)20(28)26-22(30)24-18-12-5-2-6-13-18/h2*1-14H,(H2,23,25,27,29)(H2,24,26,28,30). The van der Waals surface area contributed by atoms with E-state index in [9.17, 15) is 19.2 Å². The number of carbonyl (C=O) groups is 4. The molecule has 8 N–H and O–H groups in total. The smallest absolute Gasteiger partial charge is 0.257 e. The first-order valence-corrected chi connectivity index (χ1v) is 19.6. The van der Waals surface area contributed by atoms with Crippen LogP contribution in [0, 0.1) is 0 Å². The fourth-order valence-electron chi connectivity index (χ4n) is 5.04. The van der Waals surface area contributed by atoms with Crippen molar-refractivity contribution in [1.82, 2.24) is 21.3 Å². The van der Waals surface area contributed by atoms with Crippen LogP contribution in [0.3, 0.4) is 0 Å². The molecule has 6 rings (SSSR count). The Morgan fingerprint density at radius 2 is 0.483 bits per heavy atom. The lowest BCUT2D eigenvalue weighted by Crippen LogP contribution is -2.35. The monoisotopic (exact) mass is 868 g/mol. The van der Waals surface area contributed by atoms with Gasteiger partial charge in [-0.15, -0.1) is 0 Å². The molecule has 6 aromatic carbocycles. The van der Waals surface area contributed by atoms with Gasteiger partial charge in [0.05, 0.1) is 0 Å². The summed E-state index contributed by atoms with van der Waals surface area (Å²) in [6.45, 7) is 0. The van der Waals surface area contributed by atoms with E-state index in [-0.39, 0.29) is 20.4 Å². The average molecular weight is 869 g/mol. The highest BCUT2D eigenvalue weighted by Crippen LogP contribution is 2.11. The SMILES string of the molecule is O=C(NC(=S)Nc1ccccc1)c1cccc(C(=O)NC(=S)Nc2ccccc2)c1.O=C(NC(=S)Nc1ccccc1)c1cccc(C(=O)NC(=S)Nc2ccccc2)c1. The molecule has 0 radical (unpaired) electrons. The molecule has 0 saturated heterocycles. The number of thiocarbonyl (C=S) groups is 4. The Morgan fingerprint density at radius 1 is 0.283 bits per heavy atom. The van der Waals surface area contributed by atoms with Gasteiger partial charge < -0.3 is 21.3 Å². The minimum atomic E-state index is -0.428. The highest BCUT2D eigenvalue weighted by molar-refractivity contribution is 7.81. The van der Waals surface area contributed by atoms with Gasteiger partial charge in [0.1, 0.15) is 0 Å². The van der Waals surface area contributed by atoms with Gasteiger partial charge in [-0.3, -0.25) is 40.4 Å². The molecule has 0 aliphatic heterocycles. The summed E-state index contributed by atoms with van der Waals surface area (Å²) < 4.78 is 0. The zero-order chi connectivity index (χ0) is 42.7. The third-order valence-electron chi connectivity index (χ3n) is 7.81. The summed E-state index contributed by atoms with van der Waals surface area (Å²) in [7, 11) is 0. The summed E-state index contributed by atoms with van der Waals surface area (Å²) in [5.74, 6) is -1.71. The quantitative estimate of drug-likeness (QED) is 0.0700. The average Bonchev–Trinajstić information content (AvgIpc) is 3.25. The molecule has 0 heterocycles. The normalized spacial score (nSPS) is 9.87. The van der Waals surface area contributed by atoms with Gasteiger partial charge in [-0.25, -0.2) is 0 Å². The second kappa shape index (κ2) is 22.6. The Balaban J connectivity index is 0.000000228. The fraction of sp³-hybridized carbons (Fsp3) is 0.